The van der Waals surface area contributed by atoms with E-state index >= 15 is 0 Å². The van der Waals surface area contributed by atoms with E-state index in [1.54, 1.807) is 0 Å². The third-order valence-corrected chi connectivity index (χ3v) is 6.00. The van der Waals surface area contributed by atoms with Crippen molar-refractivity contribution in [1.29, 1.82) is 0 Å². The lowest BCUT2D eigenvalue weighted by atomic mass is 10.0. The summed E-state index contributed by atoms with van der Waals surface area (Å²) in [5.74, 6) is 0.0971. The highest BCUT2D eigenvalue weighted by Crippen LogP contribution is 2.30. The van der Waals surface area contributed by atoms with E-state index < -0.39 is 0 Å². The van der Waals surface area contributed by atoms with E-state index in [0.717, 1.165) is 25.2 Å². The van der Waals surface area contributed by atoms with Gasteiger partial charge in [-0.3, -0.25) is 9.69 Å². The number of amides is 1. The minimum atomic E-state index is 0.0971. The molecule has 3 nitrogen and oxygen atoms in total. The van der Waals surface area contributed by atoms with Gasteiger partial charge in [-0.1, -0.05) is 67.9 Å². The van der Waals surface area contributed by atoms with Crippen molar-refractivity contribution in [2.45, 2.75) is 58.0 Å². The van der Waals surface area contributed by atoms with Gasteiger partial charge in [0.15, 0.2) is 0 Å². The first-order valence-corrected chi connectivity index (χ1v) is 11.3. The monoisotopic (exact) mass is 400 g/mol. The summed E-state index contributed by atoms with van der Waals surface area (Å²) in [6.45, 7) is 3.92. The van der Waals surface area contributed by atoms with Gasteiger partial charge in [-0.05, 0) is 59.7 Å². The van der Waals surface area contributed by atoms with Crippen LogP contribution in [0.1, 0.15) is 50.2 Å². The highest BCUT2D eigenvalue weighted by Gasteiger charge is 2.29. The fraction of sp³-hybridized carbons (Fsp3) is 0.370. The van der Waals surface area contributed by atoms with Crippen LogP contribution in [-0.4, -0.2) is 23.4 Å². The van der Waals surface area contributed by atoms with Crippen LogP contribution >= 0.6 is 0 Å². The average Bonchev–Trinajstić information content (AvgIpc) is 3.61. The normalized spacial score (nSPS) is 13.7. The van der Waals surface area contributed by atoms with Gasteiger partial charge in [0.05, 0.1) is 0 Å². The first kappa shape index (κ1) is 20.6. The van der Waals surface area contributed by atoms with Gasteiger partial charge in [0.25, 0.3) is 0 Å². The number of benzene rings is 3. The summed E-state index contributed by atoms with van der Waals surface area (Å²) in [6.07, 6.45) is 6.53. The zero-order chi connectivity index (χ0) is 20.8. The second kappa shape index (κ2) is 9.90. The van der Waals surface area contributed by atoms with Gasteiger partial charge in [-0.15, -0.1) is 0 Å². The van der Waals surface area contributed by atoms with Crippen LogP contribution in [0, 0.1) is 0 Å². The molecule has 0 heterocycles. The fourth-order valence-corrected chi connectivity index (χ4v) is 4.08. The van der Waals surface area contributed by atoms with Crippen molar-refractivity contribution in [1.82, 2.24) is 4.90 Å². The molecule has 1 aliphatic carbocycles. The van der Waals surface area contributed by atoms with E-state index in [-0.39, 0.29) is 5.91 Å². The van der Waals surface area contributed by atoms with Crippen LogP contribution in [-0.2, 0) is 17.8 Å². The van der Waals surface area contributed by atoms with Crippen LogP contribution in [0.3, 0.4) is 0 Å². The van der Waals surface area contributed by atoms with Crippen molar-refractivity contribution in [3.63, 3.8) is 0 Å². The molecule has 30 heavy (non-hydrogen) atoms. The molecule has 0 bridgehead atoms. The molecule has 0 aromatic heterocycles. The number of nitrogens with one attached hydrogen (secondary N) is 1. The van der Waals surface area contributed by atoms with E-state index in [9.17, 15) is 4.79 Å². The van der Waals surface area contributed by atoms with Gasteiger partial charge >= 0.3 is 0 Å². The van der Waals surface area contributed by atoms with Crippen LogP contribution in [0.15, 0.2) is 66.7 Å². The molecule has 0 saturated heterocycles. The summed E-state index contributed by atoms with van der Waals surface area (Å²) in [5.41, 5.74) is 3.58. The summed E-state index contributed by atoms with van der Waals surface area (Å²) in [7, 11) is 0. The van der Waals surface area contributed by atoms with Crippen molar-refractivity contribution in [3.05, 3.63) is 77.9 Å². The third kappa shape index (κ3) is 5.48. The Kier molecular flexibility index (Phi) is 6.81. The van der Waals surface area contributed by atoms with Gasteiger partial charge in [0.2, 0.25) is 5.91 Å². The molecule has 0 spiro atoms. The zero-order valence-electron chi connectivity index (χ0n) is 17.9. The molecule has 1 aliphatic rings. The quantitative estimate of drug-likeness (QED) is 0.441. The summed E-state index contributed by atoms with van der Waals surface area (Å²) in [5, 5.41) is 5.67. The molecular weight excluding hydrogens is 368 g/mol. The smallest absolute Gasteiger partial charge is 0.225 e. The molecule has 3 heteroatoms. The Morgan fingerprint density at radius 1 is 1.00 bits per heavy atom. The lowest BCUT2D eigenvalue weighted by Crippen LogP contribution is -2.29. The maximum Gasteiger partial charge on any atom is 0.225 e. The molecule has 0 atom stereocenters. The van der Waals surface area contributed by atoms with Gasteiger partial charge in [-0.25, -0.2) is 0 Å². The molecule has 0 aliphatic heterocycles. The summed E-state index contributed by atoms with van der Waals surface area (Å²) < 4.78 is 0. The van der Waals surface area contributed by atoms with Crippen LogP contribution in [0.25, 0.3) is 10.8 Å². The molecule has 0 unspecified atom stereocenters. The van der Waals surface area contributed by atoms with Crippen molar-refractivity contribution in [3.8, 4) is 0 Å². The number of carbonyl (C=O) groups excluding carboxylic acids is 1. The van der Waals surface area contributed by atoms with Crippen LogP contribution in [0.2, 0.25) is 0 Å². The molecule has 1 saturated carbocycles. The topological polar surface area (TPSA) is 32.3 Å². The molecule has 1 N–H and O–H groups in total. The van der Waals surface area contributed by atoms with E-state index in [2.05, 4.69) is 71.7 Å². The average molecular weight is 401 g/mol. The number of rotatable bonds is 10. The molecule has 1 amide bonds. The minimum Gasteiger partial charge on any atom is -0.326 e. The van der Waals surface area contributed by atoms with Crippen molar-refractivity contribution in [2.75, 3.05) is 11.9 Å². The lowest BCUT2D eigenvalue weighted by Gasteiger charge is -2.22. The third-order valence-electron chi connectivity index (χ3n) is 6.00. The van der Waals surface area contributed by atoms with E-state index in [1.165, 1.54) is 47.6 Å². The second-order valence-electron chi connectivity index (χ2n) is 8.44. The maximum absolute atomic E-state index is 12.5. The first-order valence-electron chi connectivity index (χ1n) is 11.3. The fourth-order valence-electron chi connectivity index (χ4n) is 4.08. The van der Waals surface area contributed by atoms with Crippen LogP contribution in [0.5, 0.6) is 0 Å². The Hall–Kier alpha value is -2.65. The lowest BCUT2D eigenvalue weighted by molar-refractivity contribution is -0.116. The molecule has 0 radical (unpaired) electrons. The first-order chi connectivity index (χ1) is 14.7. The molecule has 4 rings (SSSR count). The van der Waals surface area contributed by atoms with Crippen molar-refractivity contribution in [2.24, 2.45) is 0 Å². The van der Waals surface area contributed by atoms with E-state index in [1.807, 2.05) is 12.1 Å². The molecule has 156 valence electrons. The van der Waals surface area contributed by atoms with Gasteiger partial charge in [0, 0.05) is 31.2 Å². The van der Waals surface area contributed by atoms with E-state index in [4.69, 9.17) is 0 Å². The predicted molar refractivity (Wildman–Crippen MR) is 126 cm³/mol. The van der Waals surface area contributed by atoms with Gasteiger partial charge < -0.3 is 5.32 Å². The minimum absolute atomic E-state index is 0.0971. The Bertz CT molecular complexity index is 970. The highest BCUT2D eigenvalue weighted by atomic mass is 16.1. The van der Waals surface area contributed by atoms with E-state index in [0.29, 0.717) is 12.5 Å². The Morgan fingerprint density at radius 2 is 1.77 bits per heavy atom. The predicted octanol–water partition coefficient (Wildman–Crippen LogP) is 6.18. The van der Waals surface area contributed by atoms with Crippen molar-refractivity contribution >= 4 is 22.4 Å². The number of anilines is 1. The summed E-state index contributed by atoms with van der Waals surface area (Å²) in [4.78, 5) is 15.0. The number of carbonyl (C=O) groups is 1. The summed E-state index contributed by atoms with van der Waals surface area (Å²) in [6, 6.07) is 24.0. The van der Waals surface area contributed by atoms with Crippen LogP contribution in [0.4, 0.5) is 5.69 Å². The zero-order valence-corrected chi connectivity index (χ0v) is 17.9. The van der Waals surface area contributed by atoms with Gasteiger partial charge in [0.1, 0.15) is 0 Å². The number of hydrogen-bond donors (Lipinski definition) is 1. The molecule has 1 fully saturated rings. The Morgan fingerprint density at radius 3 is 2.53 bits per heavy atom. The molecule has 3 aromatic carbocycles. The standard InChI is InChI=1S/C27H32N2O/c1-2-3-7-21-12-14-24(15-13-21)28-27(30)18-19-29(25-16-17-25)20-23-10-6-9-22-8-4-5-11-26(22)23/h4-6,8-15,25H,2-3,7,16-20H2,1H3,(H,28,30). The number of hydrogen-bond acceptors (Lipinski definition) is 2. The largest absolute Gasteiger partial charge is 0.326 e. The summed E-state index contributed by atoms with van der Waals surface area (Å²) >= 11 is 0. The second-order valence-corrected chi connectivity index (χ2v) is 8.44. The SMILES string of the molecule is CCCCc1ccc(NC(=O)CCN(Cc2cccc3ccccc23)C2CC2)cc1. The van der Waals surface area contributed by atoms with Crippen molar-refractivity contribution < 1.29 is 4.79 Å². The van der Waals surface area contributed by atoms with Crippen LogP contribution < -0.4 is 5.32 Å². The number of fused-ring (bicyclic) bond motifs is 1. The molecular formula is C27H32N2O. The number of aryl methyl sites for hydroxylation is 1. The Balaban J connectivity index is 1.33. The molecule has 3 aromatic rings. The van der Waals surface area contributed by atoms with Gasteiger partial charge in [-0.2, -0.15) is 0 Å². The maximum atomic E-state index is 12.5. The number of unbranched alkanes of at least 4 members (excludes halogenated alkanes) is 1. The number of nitrogens with zero attached hydrogens (tertiary/aromatic N) is 1. The highest BCUT2D eigenvalue weighted by molar-refractivity contribution is 5.90. The Labute approximate surface area is 180 Å².